The number of hydrogen-bond donors (Lipinski definition) is 0. The number of esters is 1. The smallest absolute Gasteiger partial charge is 0.306 e. The Balaban J connectivity index is 2.06. The van der Waals surface area contributed by atoms with Crippen molar-refractivity contribution in [2.45, 2.75) is 38.2 Å². The molecular weight excluding hydrogens is 280 g/mol. The molecule has 0 amide bonds. The molecule has 110 valence electrons. The quantitative estimate of drug-likeness (QED) is 0.628. The first kappa shape index (κ1) is 15.0. The highest BCUT2D eigenvalue weighted by Crippen LogP contribution is 2.35. The first-order valence-electron chi connectivity index (χ1n) is 6.36. The van der Waals surface area contributed by atoms with E-state index in [1.807, 2.05) is 20.8 Å². The Morgan fingerprint density at radius 3 is 2.40 bits per heavy atom. The molecule has 1 heterocycles. The molecule has 2 rings (SSSR count). The summed E-state index contributed by atoms with van der Waals surface area (Å²) in [6, 6.07) is 6.40. The van der Waals surface area contributed by atoms with Crippen molar-refractivity contribution in [1.82, 2.24) is 0 Å². The molecule has 0 aromatic heterocycles. The van der Waals surface area contributed by atoms with Crippen molar-refractivity contribution in [1.29, 1.82) is 0 Å². The second kappa shape index (κ2) is 5.18. The third-order valence-corrected chi connectivity index (χ3v) is 4.73. The van der Waals surface area contributed by atoms with Gasteiger partial charge in [0.15, 0.2) is 0 Å². The van der Waals surface area contributed by atoms with Crippen LogP contribution >= 0.6 is 0 Å². The van der Waals surface area contributed by atoms with E-state index in [-0.39, 0.29) is 23.9 Å². The number of cyclic esters (lactones) is 1. The molecule has 0 N–H and O–H groups in total. The van der Waals surface area contributed by atoms with E-state index in [0.717, 1.165) is 5.56 Å². The minimum absolute atomic E-state index is 0.102. The summed E-state index contributed by atoms with van der Waals surface area (Å²) < 4.78 is 34.2. The van der Waals surface area contributed by atoms with Gasteiger partial charge in [-0.3, -0.25) is 8.98 Å². The lowest BCUT2D eigenvalue weighted by Gasteiger charge is -2.23. The first-order valence-corrected chi connectivity index (χ1v) is 7.77. The Labute approximate surface area is 119 Å². The minimum Gasteiger partial charge on any atom is -0.459 e. The number of aryl methyl sites for hydroxylation is 1. The molecule has 1 atom stereocenters. The fraction of sp³-hybridized carbons (Fsp3) is 0.500. The third-order valence-electron chi connectivity index (χ3n) is 3.43. The maximum absolute atomic E-state index is 12.0. The number of carbonyl (C=O) groups excluding carboxylic acids is 1. The Morgan fingerprint density at radius 2 is 1.90 bits per heavy atom. The summed E-state index contributed by atoms with van der Waals surface area (Å²) in [4.78, 5) is 11.4. The minimum atomic E-state index is -3.82. The van der Waals surface area contributed by atoms with Gasteiger partial charge in [0.05, 0.1) is 11.3 Å². The molecule has 1 aliphatic rings. The molecule has 0 aliphatic carbocycles. The van der Waals surface area contributed by atoms with E-state index in [1.165, 1.54) is 12.1 Å². The molecule has 1 saturated heterocycles. The summed E-state index contributed by atoms with van der Waals surface area (Å²) in [6.07, 6.45) is -0.277. The van der Waals surface area contributed by atoms with E-state index >= 15 is 0 Å². The predicted molar refractivity (Wildman–Crippen MR) is 72.6 cm³/mol. The van der Waals surface area contributed by atoms with Crippen LogP contribution in [0.4, 0.5) is 0 Å². The average molecular weight is 298 g/mol. The van der Waals surface area contributed by atoms with Gasteiger partial charge < -0.3 is 4.74 Å². The van der Waals surface area contributed by atoms with Crippen LogP contribution in [0.5, 0.6) is 0 Å². The van der Waals surface area contributed by atoms with Crippen LogP contribution < -0.4 is 0 Å². The van der Waals surface area contributed by atoms with E-state index < -0.39 is 21.6 Å². The summed E-state index contributed by atoms with van der Waals surface area (Å²) in [7, 11) is -3.82. The molecular formula is C14H18O5S. The standard InChI is InChI=1S/C14H18O5S/c1-10-4-6-11(7-5-10)20(16,17)18-9-12-14(2,3)8-13(15)19-12/h4-7,12H,8-9H2,1-3H3/t12-/m1/s1. The number of carbonyl (C=O) groups is 1. The predicted octanol–water partition coefficient (Wildman–Crippen LogP) is 2.04. The van der Waals surface area contributed by atoms with Gasteiger partial charge in [0, 0.05) is 5.41 Å². The summed E-state index contributed by atoms with van der Waals surface area (Å²) in [5, 5.41) is 0. The van der Waals surface area contributed by atoms with Crippen molar-refractivity contribution in [3.05, 3.63) is 29.8 Å². The van der Waals surface area contributed by atoms with Crippen LogP contribution in [-0.2, 0) is 23.8 Å². The van der Waals surface area contributed by atoms with Gasteiger partial charge in [-0.1, -0.05) is 31.5 Å². The SMILES string of the molecule is Cc1ccc(S(=O)(=O)OC[C@H]2OC(=O)CC2(C)C)cc1. The first-order chi connectivity index (χ1) is 9.21. The normalized spacial score (nSPS) is 21.8. The second-order valence-electron chi connectivity index (χ2n) is 5.70. The summed E-state index contributed by atoms with van der Waals surface area (Å²) in [5.74, 6) is -0.323. The van der Waals surface area contributed by atoms with Gasteiger partial charge in [0.2, 0.25) is 0 Å². The fourth-order valence-electron chi connectivity index (χ4n) is 2.03. The third kappa shape index (κ3) is 3.19. The zero-order chi connectivity index (χ0) is 15.0. The van der Waals surface area contributed by atoms with Crippen LogP contribution in [0.2, 0.25) is 0 Å². The van der Waals surface area contributed by atoms with Crippen molar-refractivity contribution >= 4 is 16.1 Å². The molecule has 0 bridgehead atoms. The molecule has 0 saturated carbocycles. The van der Waals surface area contributed by atoms with Gasteiger partial charge in [0.25, 0.3) is 10.1 Å². The molecule has 0 spiro atoms. The molecule has 1 aliphatic heterocycles. The van der Waals surface area contributed by atoms with E-state index in [0.29, 0.717) is 0 Å². The van der Waals surface area contributed by atoms with Gasteiger partial charge in [-0.25, -0.2) is 0 Å². The Morgan fingerprint density at radius 1 is 1.30 bits per heavy atom. The lowest BCUT2D eigenvalue weighted by Crippen LogP contribution is -2.30. The summed E-state index contributed by atoms with van der Waals surface area (Å²) in [5.41, 5.74) is 0.551. The Hall–Kier alpha value is -1.40. The zero-order valence-electron chi connectivity index (χ0n) is 11.8. The lowest BCUT2D eigenvalue weighted by molar-refractivity contribution is -0.142. The second-order valence-corrected chi connectivity index (χ2v) is 7.31. The van der Waals surface area contributed by atoms with Crippen molar-refractivity contribution in [2.24, 2.45) is 5.41 Å². The van der Waals surface area contributed by atoms with Crippen molar-refractivity contribution in [2.75, 3.05) is 6.61 Å². The van der Waals surface area contributed by atoms with Crippen LogP contribution in [0.1, 0.15) is 25.8 Å². The van der Waals surface area contributed by atoms with Gasteiger partial charge >= 0.3 is 5.97 Å². The molecule has 0 unspecified atom stereocenters. The van der Waals surface area contributed by atoms with Crippen molar-refractivity contribution < 1.29 is 22.1 Å². The highest BCUT2D eigenvalue weighted by molar-refractivity contribution is 7.86. The number of rotatable bonds is 4. The van der Waals surface area contributed by atoms with Crippen LogP contribution in [0, 0.1) is 12.3 Å². The fourth-order valence-corrected chi connectivity index (χ4v) is 2.94. The zero-order valence-corrected chi connectivity index (χ0v) is 12.6. The van der Waals surface area contributed by atoms with Crippen LogP contribution in [0.15, 0.2) is 29.2 Å². The molecule has 1 aromatic rings. The highest BCUT2D eigenvalue weighted by atomic mass is 32.2. The molecule has 1 fully saturated rings. The average Bonchev–Trinajstić information content (AvgIpc) is 2.60. The van der Waals surface area contributed by atoms with E-state index in [4.69, 9.17) is 8.92 Å². The van der Waals surface area contributed by atoms with Crippen LogP contribution in [0.25, 0.3) is 0 Å². The molecule has 1 aromatic carbocycles. The monoisotopic (exact) mass is 298 g/mol. The lowest BCUT2D eigenvalue weighted by atomic mass is 9.86. The molecule has 20 heavy (non-hydrogen) atoms. The van der Waals surface area contributed by atoms with Crippen LogP contribution in [0.3, 0.4) is 0 Å². The van der Waals surface area contributed by atoms with Gasteiger partial charge in [-0.2, -0.15) is 8.42 Å². The van der Waals surface area contributed by atoms with E-state index in [2.05, 4.69) is 0 Å². The van der Waals surface area contributed by atoms with Crippen LogP contribution in [-0.4, -0.2) is 27.1 Å². The summed E-state index contributed by atoms with van der Waals surface area (Å²) in [6.45, 7) is 5.42. The molecule has 5 nitrogen and oxygen atoms in total. The topological polar surface area (TPSA) is 69.7 Å². The maximum Gasteiger partial charge on any atom is 0.306 e. The number of hydrogen-bond acceptors (Lipinski definition) is 5. The Bertz CT molecular complexity index is 601. The van der Waals surface area contributed by atoms with Crippen molar-refractivity contribution in [3.63, 3.8) is 0 Å². The molecule has 6 heteroatoms. The van der Waals surface area contributed by atoms with Gasteiger partial charge in [0.1, 0.15) is 12.7 Å². The van der Waals surface area contributed by atoms with E-state index in [1.54, 1.807) is 12.1 Å². The van der Waals surface area contributed by atoms with Gasteiger partial charge in [-0.15, -0.1) is 0 Å². The van der Waals surface area contributed by atoms with Gasteiger partial charge in [-0.05, 0) is 19.1 Å². The van der Waals surface area contributed by atoms with E-state index in [9.17, 15) is 13.2 Å². The molecule has 0 radical (unpaired) electrons. The Kier molecular flexibility index (Phi) is 3.88. The number of ether oxygens (including phenoxy) is 1. The largest absolute Gasteiger partial charge is 0.459 e. The highest BCUT2D eigenvalue weighted by Gasteiger charge is 2.42. The summed E-state index contributed by atoms with van der Waals surface area (Å²) >= 11 is 0. The maximum atomic E-state index is 12.0. The van der Waals surface area contributed by atoms with Crippen molar-refractivity contribution in [3.8, 4) is 0 Å². The number of benzene rings is 1.